The van der Waals surface area contributed by atoms with E-state index in [1.807, 2.05) is 10.9 Å². The summed E-state index contributed by atoms with van der Waals surface area (Å²) in [6.45, 7) is 0. The van der Waals surface area contributed by atoms with E-state index in [1.165, 1.54) is 10.7 Å². The molecule has 1 saturated carbocycles. The standard InChI is InChI=1S/C23H19F3N6O2/c24-23(25,26)21-4-1-3-17(28-21)22(34)29-19-11-14-13-32(15-5-7-16(33)8-6-15)30-18(14)12-20(19)31-10-2-9-27-31/h1-4,9-13,15H,5-8H2,(H,29,34). The van der Waals surface area contributed by atoms with Crippen molar-refractivity contribution in [2.45, 2.75) is 37.9 Å². The molecule has 3 heterocycles. The zero-order chi connectivity index (χ0) is 23.9. The number of ketones is 1. The summed E-state index contributed by atoms with van der Waals surface area (Å²) in [7, 11) is 0. The molecule has 0 aliphatic heterocycles. The van der Waals surface area contributed by atoms with Crippen LogP contribution in [0.3, 0.4) is 0 Å². The van der Waals surface area contributed by atoms with E-state index < -0.39 is 17.8 Å². The second-order valence-corrected chi connectivity index (χ2v) is 8.12. The number of carbonyl (C=O) groups excluding carboxylic acids is 2. The summed E-state index contributed by atoms with van der Waals surface area (Å²) in [6, 6.07) is 8.44. The monoisotopic (exact) mass is 468 g/mol. The lowest BCUT2D eigenvalue weighted by Crippen LogP contribution is -2.18. The average Bonchev–Trinajstić information content (AvgIpc) is 3.48. The van der Waals surface area contributed by atoms with E-state index in [0.717, 1.165) is 17.5 Å². The Morgan fingerprint density at radius 3 is 2.62 bits per heavy atom. The van der Waals surface area contributed by atoms with Crippen LogP contribution in [0.25, 0.3) is 16.6 Å². The Morgan fingerprint density at radius 1 is 1.12 bits per heavy atom. The predicted octanol–water partition coefficient (Wildman–Crippen LogP) is 4.57. The molecule has 1 aromatic carbocycles. The van der Waals surface area contributed by atoms with Crippen LogP contribution >= 0.6 is 0 Å². The number of anilines is 1. The first-order chi connectivity index (χ1) is 16.3. The summed E-state index contributed by atoms with van der Waals surface area (Å²) < 4.78 is 42.5. The number of Topliss-reactive ketones (excluding diaryl/α,β-unsaturated/α-hetero) is 1. The zero-order valence-corrected chi connectivity index (χ0v) is 17.8. The van der Waals surface area contributed by atoms with Crippen molar-refractivity contribution in [2.24, 2.45) is 0 Å². The lowest BCUT2D eigenvalue weighted by Gasteiger charge is -2.20. The summed E-state index contributed by atoms with van der Waals surface area (Å²) in [5.74, 6) is -0.529. The van der Waals surface area contributed by atoms with E-state index in [-0.39, 0.29) is 17.5 Å². The number of hydrogen-bond donors (Lipinski definition) is 1. The Morgan fingerprint density at radius 2 is 1.91 bits per heavy atom. The van der Waals surface area contributed by atoms with Crippen molar-refractivity contribution < 1.29 is 22.8 Å². The van der Waals surface area contributed by atoms with Crippen molar-refractivity contribution in [2.75, 3.05) is 5.32 Å². The molecule has 8 nitrogen and oxygen atoms in total. The maximum atomic E-state index is 13.0. The molecule has 34 heavy (non-hydrogen) atoms. The van der Waals surface area contributed by atoms with Gasteiger partial charge < -0.3 is 5.32 Å². The molecule has 1 amide bonds. The number of pyridine rings is 1. The largest absolute Gasteiger partial charge is 0.433 e. The second-order valence-electron chi connectivity index (χ2n) is 8.12. The van der Waals surface area contributed by atoms with Gasteiger partial charge in [-0.2, -0.15) is 23.4 Å². The molecule has 11 heteroatoms. The van der Waals surface area contributed by atoms with Crippen LogP contribution in [-0.4, -0.2) is 36.2 Å². The van der Waals surface area contributed by atoms with E-state index in [2.05, 4.69) is 20.5 Å². The van der Waals surface area contributed by atoms with Crippen molar-refractivity contribution in [1.82, 2.24) is 24.5 Å². The number of hydrogen-bond acceptors (Lipinski definition) is 5. The number of fused-ring (bicyclic) bond motifs is 1. The summed E-state index contributed by atoms with van der Waals surface area (Å²) in [4.78, 5) is 27.9. The van der Waals surface area contributed by atoms with Crippen molar-refractivity contribution >= 4 is 28.3 Å². The number of alkyl halides is 3. The lowest BCUT2D eigenvalue weighted by atomic mass is 9.95. The van der Waals surface area contributed by atoms with E-state index in [0.29, 0.717) is 42.6 Å². The van der Waals surface area contributed by atoms with Gasteiger partial charge in [0.15, 0.2) is 0 Å². The second kappa shape index (κ2) is 8.40. The number of amides is 1. The fourth-order valence-electron chi connectivity index (χ4n) is 4.06. The van der Waals surface area contributed by atoms with Crippen molar-refractivity contribution in [3.8, 4) is 5.69 Å². The summed E-state index contributed by atoms with van der Waals surface area (Å²) in [5, 5.41) is 12.3. The molecule has 0 saturated heterocycles. The first-order valence-electron chi connectivity index (χ1n) is 10.7. The van der Waals surface area contributed by atoms with Gasteiger partial charge in [-0.15, -0.1) is 0 Å². The third-order valence-electron chi connectivity index (χ3n) is 5.80. The Labute approximate surface area is 191 Å². The number of aromatic nitrogens is 5. The van der Waals surface area contributed by atoms with Crippen molar-refractivity contribution in [3.05, 3.63) is 66.4 Å². The van der Waals surface area contributed by atoms with Gasteiger partial charge in [0, 0.05) is 36.8 Å². The highest BCUT2D eigenvalue weighted by Gasteiger charge is 2.33. The minimum atomic E-state index is -4.66. The third-order valence-corrected chi connectivity index (χ3v) is 5.80. The Bertz CT molecular complexity index is 1370. The molecule has 0 bridgehead atoms. The molecule has 0 unspecified atom stereocenters. The molecule has 1 aliphatic carbocycles. The highest BCUT2D eigenvalue weighted by Crippen LogP contribution is 2.31. The van der Waals surface area contributed by atoms with Crippen LogP contribution in [0.4, 0.5) is 18.9 Å². The fourth-order valence-corrected chi connectivity index (χ4v) is 4.06. The fraction of sp³-hybridized carbons (Fsp3) is 0.261. The zero-order valence-electron chi connectivity index (χ0n) is 17.8. The molecule has 174 valence electrons. The van der Waals surface area contributed by atoms with Gasteiger partial charge in [0.2, 0.25) is 0 Å². The molecule has 1 fully saturated rings. The molecule has 0 radical (unpaired) electrons. The van der Waals surface area contributed by atoms with Gasteiger partial charge >= 0.3 is 6.18 Å². The number of carbonyl (C=O) groups is 2. The molecular weight excluding hydrogens is 449 g/mol. The molecule has 5 rings (SSSR count). The summed E-state index contributed by atoms with van der Waals surface area (Å²) in [5.41, 5.74) is 0.0114. The molecule has 0 spiro atoms. The molecule has 4 aromatic rings. The molecule has 3 aromatic heterocycles. The van der Waals surface area contributed by atoms with E-state index in [1.54, 1.807) is 30.6 Å². The van der Waals surface area contributed by atoms with Crippen LogP contribution in [-0.2, 0) is 11.0 Å². The number of benzene rings is 1. The number of nitrogens with one attached hydrogen (secondary N) is 1. The number of rotatable bonds is 4. The van der Waals surface area contributed by atoms with Gasteiger partial charge in [-0.25, -0.2) is 9.67 Å². The molecular formula is C23H19F3N6O2. The number of nitrogens with zero attached hydrogens (tertiary/aromatic N) is 5. The van der Waals surface area contributed by atoms with Gasteiger partial charge in [0.05, 0.1) is 22.9 Å². The first-order valence-corrected chi connectivity index (χ1v) is 10.7. The minimum absolute atomic E-state index is 0.102. The van der Waals surface area contributed by atoms with E-state index in [4.69, 9.17) is 0 Å². The van der Waals surface area contributed by atoms with Crippen LogP contribution in [0.1, 0.15) is 47.9 Å². The minimum Gasteiger partial charge on any atom is -0.319 e. The Balaban J connectivity index is 1.51. The highest BCUT2D eigenvalue weighted by molar-refractivity contribution is 6.05. The van der Waals surface area contributed by atoms with Crippen LogP contribution in [0, 0.1) is 0 Å². The van der Waals surface area contributed by atoms with Crippen LogP contribution < -0.4 is 5.32 Å². The van der Waals surface area contributed by atoms with Gasteiger partial charge in [-0.1, -0.05) is 6.07 Å². The Hall–Kier alpha value is -4.02. The first kappa shape index (κ1) is 21.8. The number of halogens is 3. The quantitative estimate of drug-likeness (QED) is 0.473. The topological polar surface area (TPSA) is 94.7 Å². The smallest absolute Gasteiger partial charge is 0.319 e. The third kappa shape index (κ3) is 4.28. The summed E-state index contributed by atoms with van der Waals surface area (Å²) >= 11 is 0. The van der Waals surface area contributed by atoms with E-state index >= 15 is 0 Å². The maximum absolute atomic E-state index is 13.0. The van der Waals surface area contributed by atoms with Gasteiger partial charge in [-0.3, -0.25) is 14.3 Å². The van der Waals surface area contributed by atoms with Crippen molar-refractivity contribution in [1.29, 1.82) is 0 Å². The van der Waals surface area contributed by atoms with E-state index in [9.17, 15) is 22.8 Å². The van der Waals surface area contributed by atoms with Crippen molar-refractivity contribution in [3.63, 3.8) is 0 Å². The molecule has 1 N–H and O–H groups in total. The SMILES string of the molecule is O=C1CCC(n2cc3cc(NC(=O)c4cccc(C(F)(F)F)n4)c(-n4cccn4)cc3n2)CC1. The highest BCUT2D eigenvalue weighted by atomic mass is 19.4. The molecule has 1 aliphatic rings. The van der Waals surface area contributed by atoms with Gasteiger partial charge in [0.1, 0.15) is 17.2 Å². The van der Waals surface area contributed by atoms with Gasteiger partial charge in [-0.05, 0) is 43.2 Å². The lowest BCUT2D eigenvalue weighted by molar-refractivity contribution is -0.141. The average molecular weight is 468 g/mol. The normalized spacial score (nSPS) is 15.1. The van der Waals surface area contributed by atoms with Crippen LogP contribution in [0.5, 0.6) is 0 Å². The maximum Gasteiger partial charge on any atom is 0.433 e. The molecule has 0 atom stereocenters. The van der Waals surface area contributed by atoms with Crippen LogP contribution in [0.15, 0.2) is 55.0 Å². The predicted molar refractivity (Wildman–Crippen MR) is 117 cm³/mol. The van der Waals surface area contributed by atoms with Crippen LogP contribution in [0.2, 0.25) is 0 Å². The Kier molecular flexibility index (Phi) is 5.39. The summed E-state index contributed by atoms with van der Waals surface area (Å²) in [6.07, 6.45) is 2.90. The van der Waals surface area contributed by atoms with Gasteiger partial charge in [0.25, 0.3) is 5.91 Å².